The van der Waals surface area contributed by atoms with Crippen molar-refractivity contribution in [2.75, 3.05) is 0 Å². The summed E-state index contributed by atoms with van der Waals surface area (Å²) in [6, 6.07) is 8.78. The molecule has 0 fully saturated rings. The largest absolute Gasteiger partial charge is 0.421 e. The zero-order valence-corrected chi connectivity index (χ0v) is 14.6. The quantitative estimate of drug-likeness (QED) is 0.677. The molecule has 0 spiro atoms. The van der Waals surface area contributed by atoms with Crippen molar-refractivity contribution >= 4 is 20.7 Å². The molecule has 0 aliphatic rings. The van der Waals surface area contributed by atoms with Crippen LogP contribution in [0.3, 0.4) is 0 Å². The van der Waals surface area contributed by atoms with Crippen molar-refractivity contribution in [2.24, 2.45) is 0 Å². The maximum atomic E-state index is 13.9. The van der Waals surface area contributed by atoms with E-state index in [0.29, 0.717) is 6.92 Å². The van der Waals surface area contributed by atoms with Gasteiger partial charge in [-0.3, -0.25) is 4.98 Å². The van der Waals surface area contributed by atoms with Crippen LogP contribution in [-0.2, 0) is 15.4 Å². The molecule has 0 aliphatic heterocycles. The molecule has 1 heterocycles. The fourth-order valence-corrected chi connectivity index (χ4v) is 4.04. The van der Waals surface area contributed by atoms with Crippen LogP contribution in [0.5, 0.6) is 0 Å². The molecule has 1 atom stereocenters. The van der Waals surface area contributed by atoms with E-state index in [9.17, 15) is 31.1 Å². The highest BCUT2D eigenvalue weighted by atomic mass is 32.2. The molecular formula is C18H13F4NO3S. The summed E-state index contributed by atoms with van der Waals surface area (Å²) in [6.45, 7) is 0.579. The van der Waals surface area contributed by atoms with E-state index in [1.807, 2.05) is 0 Å². The van der Waals surface area contributed by atoms with Gasteiger partial charge in [-0.15, -0.1) is 0 Å². The number of benzene rings is 2. The smallest absolute Gasteiger partial charge is 0.376 e. The van der Waals surface area contributed by atoms with Gasteiger partial charge in [-0.25, -0.2) is 12.8 Å². The van der Waals surface area contributed by atoms with E-state index in [1.165, 1.54) is 18.2 Å². The summed E-state index contributed by atoms with van der Waals surface area (Å²) in [7, 11) is -4.15. The molecule has 0 radical (unpaired) electrons. The maximum Gasteiger partial charge on any atom is 0.421 e. The topological polar surface area (TPSA) is 67.3 Å². The molecule has 0 amide bonds. The van der Waals surface area contributed by atoms with Crippen LogP contribution >= 0.6 is 0 Å². The predicted octanol–water partition coefficient (Wildman–Crippen LogP) is 3.98. The van der Waals surface area contributed by atoms with Crippen LogP contribution in [0, 0.1) is 5.82 Å². The maximum absolute atomic E-state index is 13.9. The number of nitrogens with zero attached hydrogens (tertiary/aromatic N) is 1. The van der Waals surface area contributed by atoms with E-state index in [4.69, 9.17) is 0 Å². The molecule has 1 N–H and O–H groups in total. The molecule has 3 aromatic rings. The number of pyridine rings is 1. The summed E-state index contributed by atoms with van der Waals surface area (Å²) < 4.78 is 78.4. The number of rotatable bonds is 3. The van der Waals surface area contributed by atoms with E-state index in [2.05, 4.69) is 4.98 Å². The average Bonchev–Trinajstić information content (AvgIpc) is 2.61. The Hall–Kier alpha value is -2.52. The highest BCUT2D eigenvalue weighted by Crippen LogP contribution is 2.39. The Labute approximate surface area is 152 Å². The number of aromatic nitrogens is 1. The van der Waals surface area contributed by atoms with Gasteiger partial charge in [0.05, 0.1) is 9.79 Å². The first-order valence-corrected chi connectivity index (χ1v) is 9.12. The van der Waals surface area contributed by atoms with Crippen molar-refractivity contribution < 1.29 is 31.1 Å². The molecule has 0 bridgehead atoms. The van der Waals surface area contributed by atoms with Crippen molar-refractivity contribution in [3.63, 3.8) is 0 Å². The van der Waals surface area contributed by atoms with E-state index in [0.717, 1.165) is 36.5 Å². The standard InChI is InChI=1S/C18H13F4NO3S/c1-17(24,18(20,21)22)11-5-7-12(8-6-11)27(25,26)15-9-10-23-16-13(15)3-2-4-14(16)19/h2-10,24H,1H3. The van der Waals surface area contributed by atoms with E-state index < -0.39 is 33.0 Å². The summed E-state index contributed by atoms with van der Waals surface area (Å²) >= 11 is 0. The summed E-state index contributed by atoms with van der Waals surface area (Å²) in [6.07, 6.45) is -3.78. The lowest BCUT2D eigenvalue weighted by atomic mass is 9.96. The Bertz CT molecular complexity index is 1110. The molecule has 0 saturated heterocycles. The van der Waals surface area contributed by atoms with E-state index in [1.54, 1.807) is 0 Å². The lowest BCUT2D eigenvalue weighted by Gasteiger charge is -2.26. The van der Waals surface area contributed by atoms with Gasteiger partial charge in [0.25, 0.3) is 0 Å². The SMILES string of the molecule is CC(O)(c1ccc(S(=O)(=O)c2ccnc3c(F)cccc23)cc1)C(F)(F)F. The molecular weight excluding hydrogens is 386 g/mol. The second-order valence-electron chi connectivity index (χ2n) is 6.04. The van der Waals surface area contributed by atoms with Gasteiger partial charge in [-0.2, -0.15) is 13.2 Å². The second kappa shape index (κ2) is 6.28. The molecule has 1 aromatic heterocycles. The third kappa shape index (κ3) is 3.17. The Morgan fingerprint density at radius 3 is 2.22 bits per heavy atom. The first-order chi connectivity index (χ1) is 12.5. The van der Waals surface area contributed by atoms with Gasteiger partial charge in [-0.1, -0.05) is 24.3 Å². The van der Waals surface area contributed by atoms with Crippen molar-refractivity contribution in [3.05, 3.63) is 66.1 Å². The minimum atomic E-state index is -4.92. The van der Waals surface area contributed by atoms with Crippen LogP contribution in [0.1, 0.15) is 12.5 Å². The Balaban J connectivity index is 2.11. The predicted molar refractivity (Wildman–Crippen MR) is 89.2 cm³/mol. The lowest BCUT2D eigenvalue weighted by molar-refractivity contribution is -0.258. The fourth-order valence-electron chi connectivity index (χ4n) is 2.60. The van der Waals surface area contributed by atoms with Crippen LogP contribution in [0.2, 0.25) is 0 Å². The first-order valence-electron chi connectivity index (χ1n) is 7.64. The molecule has 4 nitrogen and oxygen atoms in total. The second-order valence-corrected chi connectivity index (χ2v) is 7.96. The highest BCUT2D eigenvalue weighted by molar-refractivity contribution is 7.91. The highest BCUT2D eigenvalue weighted by Gasteiger charge is 2.51. The van der Waals surface area contributed by atoms with Crippen LogP contribution in [0.25, 0.3) is 10.9 Å². The fraction of sp³-hybridized carbons (Fsp3) is 0.167. The van der Waals surface area contributed by atoms with Gasteiger partial charge in [0.2, 0.25) is 9.84 Å². The van der Waals surface area contributed by atoms with Gasteiger partial charge < -0.3 is 5.11 Å². The number of sulfone groups is 1. The van der Waals surface area contributed by atoms with Crippen molar-refractivity contribution in [2.45, 2.75) is 28.5 Å². The molecule has 0 aliphatic carbocycles. The minimum Gasteiger partial charge on any atom is -0.376 e. The Morgan fingerprint density at radius 1 is 1.00 bits per heavy atom. The summed E-state index contributed by atoms with van der Waals surface area (Å²) in [5.41, 5.74) is -3.75. The lowest BCUT2D eigenvalue weighted by Crippen LogP contribution is -2.39. The monoisotopic (exact) mass is 399 g/mol. The molecule has 3 rings (SSSR count). The van der Waals surface area contributed by atoms with Gasteiger partial charge in [0.1, 0.15) is 11.3 Å². The van der Waals surface area contributed by atoms with E-state index in [-0.39, 0.29) is 20.7 Å². The summed E-state index contributed by atoms with van der Waals surface area (Å²) in [5, 5.41) is 9.74. The third-order valence-electron chi connectivity index (χ3n) is 4.25. The molecule has 0 saturated carbocycles. The van der Waals surface area contributed by atoms with Crippen LogP contribution in [0.4, 0.5) is 17.6 Å². The van der Waals surface area contributed by atoms with Crippen molar-refractivity contribution in [1.82, 2.24) is 4.98 Å². The molecule has 27 heavy (non-hydrogen) atoms. The molecule has 142 valence electrons. The first kappa shape index (κ1) is 19.2. The summed E-state index contributed by atoms with van der Waals surface area (Å²) in [5.74, 6) is -0.693. The molecule has 1 unspecified atom stereocenters. The number of para-hydroxylation sites is 1. The van der Waals surface area contributed by atoms with Crippen LogP contribution in [-0.4, -0.2) is 24.7 Å². The number of aliphatic hydroxyl groups is 1. The number of hydrogen-bond donors (Lipinski definition) is 1. The van der Waals surface area contributed by atoms with Crippen LogP contribution in [0.15, 0.2) is 64.5 Å². The number of hydrogen-bond acceptors (Lipinski definition) is 4. The van der Waals surface area contributed by atoms with E-state index >= 15 is 0 Å². The number of fused-ring (bicyclic) bond motifs is 1. The van der Waals surface area contributed by atoms with Crippen LogP contribution < -0.4 is 0 Å². The van der Waals surface area contributed by atoms with Gasteiger partial charge in [-0.05, 0) is 36.8 Å². The summed E-state index contributed by atoms with van der Waals surface area (Å²) in [4.78, 5) is 3.31. The third-order valence-corrected chi connectivity index (χ3v) is 6.08. The van der Waals surface area contributed by atoms with Gasteiger partial charge in [0, 0.05) is 11.6 Å². The Morgan fingerprint density at radius 2 is 1.63 bits per heavy atom. The van der Waals surface area contributed by atoms with Crippen molar-refractivity contribution in [3.8, 4) is 0 Å². The average molecular weight is 399 g/mol. The van der Waals surface area contributed by atoms with Gasteiger partial charge in [0.15, 0.2) is 5.60 Å². The zero-order chi connectivity index (χ0) is 20.0. The molecule has 2 aromatic carbocycles. The molecule has 9 heteroatoms. The normalized spacial score (nSPS) is 14.9. The van der Waals surface area contributed by atoms with Crippen molar-refractivity contribution in [1.29, 1.82) is 0 Å². The number of halogens is 4. The number of alkyl halides is 3. The van der Waals surface area contributed by atoms with Gasteiger partial charge >= 0.3 is 6.18 Å². The minimum absolute atomic E-state index is 0.0591. The zero-order valence-electron chi connectivity index (χ0n) is 13.8. The Kier molecular flexibility index (Phi) is 4.47.